The predicted molar refractivity (Wildman–Crippen MR) is 111 cm³/mol. The van der Waals surface area contributed by atoms with E-state index in [1.807, 2.05) is 18.2 Å². The molecule has 1 N–H and O–H groups in total. The number of amides is 1. The second kappa shape index (κ2) is 10.4. The molecule has 0 atom stereocenters. The molecule has 1 aromatic carbocycles. The molecule has 2 aliphatic rings. The quantitative estimate of drug-likeness (QED) is 0.717. The van der Waals surface area contributed by atoms with Crippen LogP contribution in [0.2, 0.25) is 0 Å². The van der Waals surface area contributed by atoms with Gasteiger partial charge in [0.05, 0.1) is 5.75 Å². The van der Waals surface area contributed by atoms with Gasteiger partial charge in [-0.1, -0.05) is 49.6 Å². The summed E-state index contributed by atoms with van der Waals surface area (Å²) in [5.74, 6) is 0.458. The van der Waals surface area contributed by atoms with E-state index in [0.29, 0.717) is 25.4 Å². The minimum atomic E-state index is -3.32. The van der Waals surface area contributed by atoms with Crippen LogP contribution in [-0.4, -0.2) is 62.0 Å². The molecule has 1 saturated carbocycles. The zero-order chi connectivity index (χ0) is 19.8. The Morgan fingerprint density at radius 2 is 1.68 bits per heavy atom. The number of nitrogens with one attached hydrogen (secondary N) is 1. The lowest BCUT2D eigenvalue weighted by molar-refractivity contribution is -0.122. The molecule has 2 fully saturated rings. The van der Waals surface area contributed by atoms with Crippen LogP contribution in [0.3, 0.4) is 0 Å². The molecule has 156 valence electrons. The van der Waals surface area contributed by atoms with Crippen molar-refractivity contribution in [3.8, 4) is 0 Å². The van der Waals surface area contributed by atoms with E-state index in [-0.39, 0.29) is 18.2 Å². The molecule has 7 heteroatoms. The molecule has 1 amide bonds. The van der Waals surface area contributed by atoms with Gasteiger partial charge in [-0.3, -0.25) is 9.69 Å². The molecule has 6 nitrogen and oxygen atoms in total. The van der Waals surface area contributed by atoms with Crippen molar-refractivity contribution < 1.29 is 13.2 Å². The van der Waals surface area contributed by atoms with Gasteiger partial charge in [0, 0.05) is 45.7 Å². The van der Waals surface area contributed by atoms with Crippen LogP contribution in [0, 0.1) is 5.92 Å². The van der Waals surface area contributed by atoms with Gasteiger partial charge in [0.2, 0.25) is 15.9 Å². The van der Waals surface area contributed by atoms with Gasteiger partial charge in [-0.25, -0.2) is 8.42 Å². The van der Waals surface area contributed by atoms with Gasteiger partial charge < -0.3 is 5.32 Å². The van der Waals surface area contributed by atoms with E-state index < -0.39 is 10.0 Å². The molecule has 0 aromatic heterocycles. The molecule has 1 saturated heterocycles. The summed E-state index contributed by atoms with van der Waals surface area (Å²) in [4.78, 5) is 14.3. The maximum atomic E-state index is 12.6. The van der Waals surface area contributed by atoms with Crippen molar-refractivity contribution >= 4 is 15.9 Å². The molecule has 28 heavy (non-hydrogen) atoms. The summed E-state index contributed by atoms with van der Waals surface area (Å²) in [6, 6.07) is 10.2. The van der Waals surface area contributed by atoms with Gasteiger partial charge in [-0.15, -0.1) is 0 Å². The van der Waals surface area contributed by atoms with Crippen LogP contribution in [0.25, 0.3) is 0 Å². The van der Waals surface area contributed by atoms with E-state index in [1.165, 1.54) is 24.8 Å². The fourth-order valence-electron chi connectivity index (χ4n) is 4.18. The fraction of sp³-hybridized carbons (Fsp3) is 0.667. The molecule has 0 radical (unpaired) electrons. The van der Waals surface area contributed by atoms with Crippen LogP contribution in [0.4, 0.5) is 0 Å². The summed E-state index contributed by atoms with van der Waals surface area (Å²) in [7, 11) is -3.32. The van der Waals surface area contributed by atoms with Gasteiger partial charge in [-0.2, -0.15) is 4.31 Å². The van der Waals surface area contributed by atoms with E-state index in [4.69, 9.17) is 0 Å². The molecule has 0 bridgehead atoms. The Labute approximate surface area is 169 Å². The second-order valence-electron chi connectivity index (χ2n) is 8.03. The molecular weight excluding hydrogens is 374 g/mol. The highest BCUT2D eigenvalue weighted by molar-refractivity contribution is 7.89. The first-order chi connectivity index (χ1) is 13.5. The van der Waals surface area contributed by atoms with Crippen molar-refractivity contribution in [2.24, 2.45) is 5.92 Å². The van der Waals surface area contributed by atoms with Crippen molar-refractivity contribution in [3.05, 3.63) is 35.9 Å². The highest BCUT2D eigenvalue weighted by Gasteiger charge is 2.27. The smallest absolute Gasteiger partial charge is 0.220 e. The lowest BCUT2D eigenvalue weighted by Crippen LogP contribution is -2.49. The topological polar surface area (TPSA) is 69.7 Å². The Bertz CT molecular complexity index is 710. The van der Waals surface area contributed by atoms with Gasteiger partial charge in [0.15, 0.2) is 0 Å². The van der Waals surface area contributed by atoms with Crippen LogP contribution in [0.15, 0.2) is 30.3 Å². The molecule has 1 heterocycles. The summed E-state index contributed by atoms with van der Waals surface area (Å²) < 4.78 is 26.7. The van der Waals surface area contributed by atoms with Crippen molar-refractivity contribution in [3.63, 3.8) is 0 Å². The van der Waals surface area contributed by atoms with E-state index in [1.54, 1.807) is 4.31 Å². The Morgan fingerprint density at radius 1 is 1.00 bits per heavy atom. The maximum Gasteiger partial charge on any atom is 0.220 e. The van der Waals surface area contributed by atoms with Crippen LogP contribution < -0.4 is 5.32 Å². The largest absolute Gasteiger partial charge is 0.355 e. The normalized spacial score (nSPS) is 20.1. The van der Waals surface area contributed by atoms with Crippen molar-refractivity contribution in [2.45, 2.75) is 45.1 Å². The highest BCUT2D eigenvalue weighted by atomic mass is 32.2. The number of rotatable bonds is 8. The summed E-state index contributed by atoms with van der Waals surface area (Å²) in [6.45, 7) is 3.57. The van der Waals surface area contributed by atoms with Crippen LogP contribution in [0.1, 0.15) is 44.1 Å². The summed E-state index contributed by atoms with van der Waals surface area (Å²) in [5, 5.41) is 2.81. The number of benzene rings is 1. The van der Waals surface area contributed by atoms with E-state index >= 15 is 0 Å². The lowest BCUT2D eigenvalue weighted by atomic mass is 9.87. The molecule has 3 rings (SSSR count). The monoisotopic (exact) mass is 407 g/mol. The van der Waals surface area contributed by atoms with Gasteiger partial charge in [-0.05, 0) is 24.3 Å². The average molecular weight is 408 g/mol. The number of nitrogens with zero attached hydrogens (tertiary/aromatic N) is 2. The average Bonchev–Trinajstić information content (AvgIpc) is 2.70. The number of carbonyl (C=O) groups is 1. The van der Waals surface area contributed by atoms with E-state index in [0.717, 1.165) is 32.5 Å². The highest BCUT2D eigenvalue weighted by Crippen LogP contribution is 2.26. The minimum absolute atomic E-state index is 0.00483. The third-order valence-corrected chi connectivity index (χ3v) is 7.73. The zero-order valence-electron chi connectivity index (χ0n) is 16.7. The standard InChI is InChI=1S/C21H33N3O3S/c25-21(17-19-7-3-1-4-8-19)22-11-16-28(26,27)24-14-12-23(13-15-24)18-20-9-5-2-6-10-20/h2,5-6,9-10,19H,1,3-4,7-8,11-18H2,(H,22,25). The summed E-state index contributed by atoms with van der Waals surface area (Å²) >= 11 is 0. The van der Waals surface area contributed by atoms with Crippen LogP contribution in [-0.2, 0) is 21.4 Å². The first-order valence-corrected chi connectivity index (χ1v) is 12.1. The summed E-state index contributed by atoms with van der Waals surface area (Å²) in [5.41, 5.74) is 1.25. The molecule has 0 spiro atoms. The van der Waals surface area contributed by atoms with Crippen molar-refractivity contribution in [2.75, 3.05) is 38.5 Å². The molecule has 0 unspecified atom stereocenters. The number of carbonyl (C=O) groups excluding carboxylic acids is 1. The van der Waals surface area contributed by atoms with Crippen LogP contribution in [0.5, 0.6) is 0 Å². The first kappa shape index (κ1) is 21.3. The number of hydrogen-bond acceptors (Lipinski definition) is 4. The second-order valence-corrected chi connectivity index (χ2v) is 10.1. The third-order valence-electron chi connectivity index (χ3n) is 5.85. The van der Waals surface area contributed by atoms with E-state index in [2.05, 4.69) is 22.3 Å². The fourth-order valence-corrected chi connectivity index (χ4v) is 5.52. The van der Waals surface area contributed by atoms with Gasteiger partial charge in [0.25, 0.3) is 0 Å². The molecule has 1 aliphatic carbocycles. The zero-order valence-corrected chi connectivity index (χ0v) is 17.5. The molecule has 1 aromatic rings. The van der Waals surface area contributed by atoms with Gasteiger partial charge in [0.1, 0.15) is 0 Å². The predicted octanol–water partition coefficient (Wildman–Crippen LogP) is 2.22. The van der Waals surface area contributed by atoms with Gasteiger partial charge >= 0.3 is 0 Å². The Balaban J connectivity index is 1.36. The first-order valence-electron chi connectivity index (χ1n) is 10.5. The van der Waals surface area contributed by atoms with Crippen molar-refractivity contribution in [1.82, 2.24) is 14.5 Å². The Morgan fingerprint density at radius 3 is 2.36 bits per heavy atom. The number of sulfonamides is 1. The molecular formula is C21H33N3O3S. The Kier molecular flexibility index (Phi) is 7.88. The Hall–Kier alpha value is -1.44. The molecule has 1 aliphatic heterocycles. The number of hydrogen-bond donors (Lipinski definition) is 1. The van der Waals surface area contributed by atoms with Crippen molar-refractivity contribution in [1.29, 1.82) is 0 Å². The number of piperazine rings is 1. The third kappa shape index (κ3) is 6.57. The van der Waals surface area contributed by atoms with E-state index in [9.17, 15) is 13.2 Å². The lowest BCUT2D eigenvalue weighted by Gasteiger charge is -2.34. The SMILES string of the molecule is O=C(CC1CCCCC1)NCCS(=O)(=O)N1CCN(Cc2ccccc2)CC1. The van der Waals surface area contributed by atoms with Crippen LogP contribution >= 0.6 is 0 Å². The maximum absolute atomic E-state index is 12.6. The summed E-state index contributed by atoms with van der Waals surface area (Å²) in [6.07, 6.45) is 6.48. The minimum Gasteiger partial charge on any atom is -0.355 e.